The first kappa shape index (κ1) is 30.7. The summed E-state index contributed by atoms with van der Waals surface area (Å²) in [6.07, 6.45) is 17.9. The lowest BCUT2D eigenvalue weighted by Crippen LogP contribution is -2.42. The number of Topliss-reactive ketones (excluding diaryl/α,β-unsaturated/α-hetero) is 2. The Morgan fingerprint density at radius 3 is 2.59 bits per heavy atom. The van der Waals surface area contributed by atoms with Gasteiger partial charge in [0.1, 0.15) is 11.6 Å². The lowest BCUT2D eigenvalue weighted by molar-refractivity contribution is -0.127. The SMILES string of the molecule is NC(=NC1CCCCC1)NC(CCCC(=O)CC(=O)CCc1ccc(O)c(OC2CCCC2)c1)CCN1C=CNC1. The van der Waals surface area contributed by atoms with Gasteiger partial charge in [-0.1, -0.05) is 25.3 Å². The van der Waals surface area contributed by atoms with Crippen LogP contribution in [0.4, 0.5) is 0 Å². The molecule has 0 spiro atoms. The summed E-state index contributed by atoms with van der Waals surface area (Å²) in [4.78, 5) is 32.1. The van der Waals surface area contributed by atoms with Crippen molar-refractivity contribution in [2.75, 3.05) is 13.2 Å². The Morgan fingerprint density at radius 2 is 1.83 bits per heavy atom. The molecule has 41 heavy (non-hydrogen) atoms. The molecule has 1 atom stereocenters. The number of carbonyl (C=O) groups excluding carboxylic acids is 2. The highest BCUT2D eigenvalue weighted by Crippen LogP contribution is 2.32. The van der Waals surface area contributed by atoms with Crippen molar-refractivity contribution >= 4 is 17.5 Å². The largest absolute Gasteiger partial charge is 0.504 e. The number of carbonyl (C=O) groups is 2. The van der Waals surface area contributed by atoms with Crippen LogP contribution in [0, 0.1) is 0 Å². The fourth-order valence-corrected chi connectivity index (χ4v) is 6.02. The number of aromatic hydroxyl groups is 1. The zero-order valence-electron chi connectivity index (χ0n) is 24.5. The summed E-state index contributed by atoms with van der Waals surface area (Å²) in [7, 11) is 0. The second-order valence-electron chi connectivity index (χ2n) is 11.9. The van der Waals surface area contributed by atoms with Gasteiger partial charge in [0.15, 0.2) is 17.5 Å². The number of hydrogen-bond donors (Lipinski definition) is 4. The quantitative estimate of drug-likeness (QED) is 0.129. The standard InChI is InChI=1S/C32H49N5O4/c33-32(35-25-7-2-1-3-8-25)36-26(17-19-37-20-18-34-23-37)9-6-10-27(38)22-28(39)15-13-24-14-16-30(40)31(21-24)41-29-11-4-5-12-29/h14,16,18,20-21,25-26,29,34,40H,1-13,15,17,19,22-23H2,(H3,33,35,36). The number of hydrogen-bond acceptors (Lipinski definition) is 7. The number of nitrogens with two attached hydrogens (primary N) is 1. The first-order chi connectivity index (χ1) is 19.9. The molecule has 0 amide bonds. The highest BCUT2D eigenvalue weighted by Gasteiger charge is 2.19. The minimum atomic E-state index is -0.0480. The van der Waals surface area contributed by atoms with E-state index in [1.807, 2.05) is 24.5 Å². The number of aliphatic imine (C=N–C) groups is 1. The van der Waals surface area contributed by atoms with Crippen LogP contribution in [-0.2, 0) is 16.0 Å². The van der Waals surface area contributed by atoms with Gasteiger partial charge >= 0.3 is 0 Å². The molecule has 4 rings (SSSR count). The monoisotopic (exact) mass is 567 g/mol. The van der Waals surface area contributed by atoms with Crippen LogP contribution in [-0.4, -0.2) is 58.9 Å². The van der Waals surface area contributed by atoms with E-state index in [-0.39, 0.29) is 35.9 Å². The van der Waals surface area contributed by atoms with E-state index in [2.05, 4.69) is 15.5 Å². The summed E-state index contributed by atoms with van der Waals surface area (Å²) >= 11 is 0. The number of ketones is 2. The van der Waals surface area contributed by atoms with E-state index in [0.717, 1.165) is 70.1 Å². The van der Waals surface area contributed by atoms with E-state index >= 15 is 0 Å². The molecule has 2 aliphatic carbocycles. The molecule has 0 aromatic heterocycles. The molecule has 1 aliphatic heterocycles. The van der Waals surface area contributed by atoms with E-state index in [1.165, 1.54) is 19.3 Å². The molecule has 1 aromatic carbocycles. The molecule has 9 heteroatoms. The van der Waals surface area contributed by atoms with Crippen molar-refractivity contribution in [2.45, 2.75) is 121 Å². The number of phenolic OH excluding ortho intramolecular Hbond substituents is 1. The van der Waals surface area contributed by atoms with Crippen LogP contribution in [0.5, 0.6) is 11.5 Å². The molecule has 5 N–H and O–H groups in total. The first-order valence-electron chi connectivity index (χ1n) is 15.7. The molecule has 1 heterocycles. The zero-order valence-corrected chi connectivity index (χ0v) is 24.5. The van der Waals surface area contributed by atoms with Crippen molar-refractivity contribution in [1.29, 1.82) is 0 Å². The Balaban J connectivity index is 1.18. The number of nitrogens with zero attached hydrogens (tertiary/aromatic N) is 2. The van der Waals surface area contributed by atoms with Crippen molar-refractivity contribution < 1.29 is 19.4 Å². The topological polar surface area (TPSA) is 129 Å². The third-order valence-corrected chi connectivity index (χ3v) is 8.43. The molecule has 9 nitrogen and oxygen atoms in total. The average Bonchev–Trinajstić information content (AvgIpc) is 3.67. The van der Waals surface area contributed by atoms with Crippen molar-refractivity contribution in [2.24, 2.45) is 10.7 Å². The second kappa shape index (κ2) is 16.3. The minimum absolute atomic E-state index is 0.0137. The second-order valence-corrected chi connectivity index (χ2v) is 11.9. The van der Waals surface area contributed by atoms with E-state index in [1.54, 1.807) is 6.07 Å². The Morgan fingerprint density at radius 1 is 1.07 bits per heavy atom. The van der Waals surface area contributed by atoms with Crippen molar-refractivity contribution in [3.8, 4) is 11.5 Å². The number of benzene rings is 1. The van der Waals surface area contributed by atoms with Crippen LogP contribution in [0.2, 0.25) is 0 Å². The van der Waals surface area contributed by atoms with E-state index in [0.29, 0.717) is 43.4 Å². The van der Waals surface area contributed by atoms with E-state index in [9.17, 15) is 14.7 Å². The predicted molar refractivity (Wildman–Crippen MR) is 162 cm³/mol. The molecule has 1 aromatic rings. The minimum Gasteiger partial charge on any atom is -0.504 e. The van der Waals surface area contributed by atoms with Gasteiger partial charge in [-0.25, -0.2) is 0 Å². The molecule has 2 fully saturated rings. The highest BCUT2D eigenvalue weighted by atomic mass is 16.5. The van der Waals surface area contributed by atoms with Crippen LogP contribution in [0.3, 0.4) is 0 Å². The van der Waals surface area contributed by atoms with E-state index in [4.69, 9.17) is 15.5 Å². The van der Waals surface area contributed by atoms with Crippen molar-refractivity contribution in [3.63, 3.8) is 0 Å². The molecule has 0 bridgehead atoms. The number of rotatable bonds is 16. The van der Waals surface area contributed by atoms with Gasteiger partial charge in [0.25, 0.3) is 0 Å². The fourth-order valence-electron chi connectivity index (χ4n) is 6.02. The normalized spacial score (nSPS) is 18.8. The Bertz CT molecular complexity index is 1050. The third-order valence-electron chi connectivity index (χ3n) is 8.43. The fraction of sp³-hybridized carbons (Fsp3) is 0.656. The summed E-state index contributed by atoms with van der Waals surface area (Å²) in [5.41, 5.74) is 7.22. The number of nitrogens with one attached hydrogen (secondary N) is 2. The van der Waals surface area contributed by atoms with E-state index < -0.39 is 0 Å². The predicted octanol–water partition coefficient (Wildman–Crippen LogP) is 4.67. The van der Waals surface area contributed by atoms with Gasteiger partial charge in [0.05, 0.1) is 25.2 Å². The van der Waals surface area contributed by atoms with Gasteiger partial charge in [-0.2, -0.15) is 0 Å². The Hall–Kier alpha value is -3.23. The lowest BCUT2D eigenvalue weighted by atomic mass is 9.96. The van der Waals surface area contributed by atoms with Crippen LogP contribution in [0.1, 0.15) is 102 Å². The molecular formula is C32H49N5O4. The van der Waals surface area contributed by atoms with Crippen molar-refractivity contribution in [1.82, 2.24) is 15.5 Å². The third kappa shape index (κ3) is 10.9. The van der Waals surface area contributed by atoms with Crippen LogP contribution in [0.15, 0.2) is 35.6 Å². The van der Waals surface area contributed by atoms with Crippen LogP contribution in [0.25, 0.3) is 0 Å². The maximum atomic E-state index is 12.6. The molecule has 0 radical (unpaired) electrons. The zero-order chi connectivity index (χ0) is 28.9. The van der Waals surface area contributed by atoms with Gasteiger partial charge in [0.2, 0.25) is 0 Å². The molecular weight excluding hydrogens is 518 g/mol. The number of phenols is 1. The smallest absolute Gasteiger partial charge is 0.189 e. The van der Waals surface area contributed by atoms with Gasteiger partial charge in [-0.3, -0.25) is 14.6 Å². The van der Waals surface area contributed by atoms with Crippen LogP contribution < -0.4 is 21.1 Å². The van der Waals surface area contributed by atoms with Crippen LogP contribution >= 0.6 is 0 Å². The maximum Gasteiger partial charge on any atom is 0.189 e. The number of guanidine groups is 1. The lowest BCUT2D eigenvalue weighted by Gasteiger charge is -2.24. The molecule has 1 unspecified atom stereocenters. The summed E-state index contributed by atoms with van der Waals surface area (Å²) in [6, 6.07) is 5.70. The summed E-state index contributed by atoms with van der Waals surface area (Å²) in [5.74, 6) is 1.06. The average molecular weight is 568 g/mol. The molecule has 3 aliphatic rings. The maximum absolute atomic E-state index is 12.6. The number of aryl methyl sites for hydroxylation is 1. The van der Waals surface area contributed by atoms with Gasteiger partial charge in [0, 0.05) is 37.8 Å². The number of ether oxygens (including phenoxy) is 1. The van der Waals surface area contributed by atoms with Gasteiger partial charge < -0.3 is 31.1 Å². The Kier molecular flexibility index (Phi) is 12.2. The molecule has 226 valence electrons. The summed E-state index contributed by atoms with van der Waals surface area (Å²) in [5, 5.41) is 16.8. The van der Waals surface area contributed by atoms with Gasteiger partial charge in [-0.05, 0) is 81.9 Å². The Labute approximate surface area is 245 Å². The molecule has 0 saturated heterocycles. The summed E-state index contributed by atoms with van der Waals surface area (Å²) < 4.78 is 5.97. The molecule has 2 saturated carbocycles. The summed E-state index contributed by atoms with van der Waals surface area (Å²) in [6.45, 7) is 1.69. The highest BCUT2D eigenvalue weighted by molar-refractivity contribution is 5.99. The first-order valence-corrected chi connectivity index (χ1v) is 15.7. The van der Waals surface area contributed by atoms with Crippen molar-refractivity contribution in [3.05, 3.63) is 36.2 Å². The van der Waals surface area contributed by atoms with Gasteiger partial charge in [-0.15, -0.1) is 0 Å².